The van der Waals surface area contributed by atoms with Crippen molar-refractivity contribution in [2.45, 2.75) is 6.92 Å². The van der Waals surface area contributed by atoms with Crippen LogP contribution in [0.4, 0.5) is 5.69 Å². The van der Waals surface area contributed by atoms with Gasteiger partial charge in [-0.2, -0.15) is 0 Å². The van der Waals surface area contributed by atoms with Crippen molar-refractivity contribution in [1.82, 2.24) is 0 Å². The molecule has 2 aromatic carbocycles. The van der Waals surface area contributed by atoms with Crippen molar-refractivity contribution in [3.05, 3.63) is 59.1 Å². The molecule has 0 aliphatic heterocycles. The molecule has 5 heteroatoms. The van der Waals surface area contributed by atoms with Crippen LogP contribution in [0.3, 0.4) is 0 Å². The Morgan fingerprint density at radius 3 is 2.24 bits per heavy atom. The van der Waals surface area contributed by atoms with E-state index in [9.17, 15) is 9.59 Å². The van der Waals surface area contributed by atoms with E-state index >= 15 is 0 Å². The van der Waals surface area contributed by atoms with E-state index in [1.54, 1.807) is 48.5 Å². The molecule has 0 spiro atoms. The second-order valence-corrected chi connectivity index (χ2v) is 4.86. The van der Waals surface area contributed by atoms with E-state index in [2.05, 4.69) is 5.32 Å². The van der Waals surface area contributed by atoms with E-state index in [4.69, 9.17) is 16.3 Å². The minimum atomic E-state index is -0.270. The fourth-order valence-corrected chi connectivity index (χ4v) is 1.79. The summed E-state index contributed by atoms with van der Waals surface area (Å²) in [5.74, 6) is 0.251. The number of nitrogens with one attached hydrogen (secondary N) is 1. The molecule has 0 bridgehead atoms. The maximum atomic E-state index is 11.7. The van der Waals surface area contributed by atoms with Gasteiger partial charge < -0.3 is 10.1 Å². The molecule has 0 unspecified atom stereocenters. The van der Waals surface area contributed by atoms with Gasteiger partial charge in [0.25, 0.3) is 5.91 Å². The zero-order valence-electron chi connectivity index (χ0n) is 11.4. The molecule has 0 heterocycles. The third-order valence-electron chi connectivity index (χ3n) is 2.76. The van der Waals surface area contributed by atoms with Crippen LogP contribution in [0, 0.1) is 0 Å². The number of benzene rings is 2. The third-order valence-corrected chi connectivity index (χ3v) is 3.01. The van der Waals surface area contributed by atoms with Crippen LogP contribution in [0.5, 0.6) is 5.75 Å². The summed E-state index contributed by atoms with van der Waals surface area (Å²) in [6, 6.07) is 13.4. The number of hydrogen-bond acceptors (Lipinski definition) is 3. The van der Waals surface area contributed by atoms with Crippen molar-refractivity contribution < 1.29 is 14.3 Å². The monoisotopic (exact) mass is 303 g/mol. The molecule has 0 aliphatic carbocycles. The van der Waals surface area contributed by atoms with E-state index in [0.29, 0.717) is 22.0 Å². The van der Waals surface area contributed by atoms with Gasteiger partial charge in [-0.3, -0.25) is 9.59 Å². The van der Waals surface area contributed by atoms with E-state index in [1.165, 1.54) is 6.92 Å². The van der Waals surface area contributed by atoms with Gasteiger partial charge in [-0.15, -0.1) is 0 Å². The summed E-state index contributed by atoms with van der Waals surface area (Å²) < 4.78 is 5.35. The summed E-state index contributed by atoms with van der Waals surface area (Å²) in [6.45, 7) is 1.39. The van der Waals surface area contributed by atoms with Crippen molar-refractivity contribution >= 4 is 29.0 Å². The largest absolute Gasteiger partial charge is 0.484 e. The minimum Gasteiger partial charge on any atom is -0.484 e. The van der Waals surface area contributed by atoms with Crippen LogP contribution in [0.1, 0.15) is 17.3 Å². The highest BCUT2D eigenvalue weighted by atomic mass is 35.5. The van der Waals surface area contributed by atoms with Crippen LogP contribution in [0.2, 0.25) is 5.02 Å². The standard InChI is InChI=1S/C16H14ClNO3/c1-11(19)12-2-8-15(9-3-12)21-10-16(20)18-14-6-4-13(17)5-7-14/h2-9H,10H2,1H3,(H,18,20). The lowest BCUT2D eigenvalue weighted by Crippen LogP contribution is -2.20. The number of rotatable bonds is 5. The van der Waals surface area contributed by atoms with Crippen LogP contribution >= 0.6 is 11.6 Å². The van der Waals surface area contributed by atoms with Gasteiger partial charge >= 0.3 is 0 Å². The summed E-state index contributed by atoms with van der Waals surface area (Å²) in [6.07, 6.45) is 0. The summed E-state index contributed by atoms with van der Waals surface area (Å²) in [5.41, 5.74) is 1.26. The second kappa shape index (κ2) is 6.90. The van der Waals surface area contributed by atoms with Gasteiger partial charge in [-0.1, -0.05) is 11.6 Å². The van der Waals surface area contributed by atoms with E-state index in [-0.39, 0.29) is 18.3 Å². The van der Waals surface area contributed by atoms with Crippen LogP contribution < -0.4 is 10.1 Å². The molecule has 2 rings (SSSR count). The van der Waals surface area contributed by atoms with Crippen LogP contribution in [-0.4, -0.2) is 18.3 Å². The number of anilines is 1. The topological polar surface area (TPSA) is 55.4 Å². The molecule has 0 radical (unpaired) electrons. The first kappa shape index (κ1) is 15.1. The maximum Gasteiger partial charge on any atom is 0.262 e. The maximum absolute atomic E-state index is 11.7. The van der Waals surface area contributed by atoms with Crippen LogP contribution in [0.15, 0.2) is 48.5 Å². The number of carbonyl (C=O) groups is 2. The molecule has 2 aromatic rings. The van der Waals surface area contributed by atoms with Crippen LogP contribution in [0.25, 0.3) is 0 Å². The zero-order chi connectivity index (χ0) is 15.2. The lowest BCUT2D eigenvalue weighted by molar-refractivity contribution is -0.118. The minimum absolute atomic E-state index is 0.0120. The van der Waals surface area contributed by atoms with Gasteiger partial charge in [0.15, 0.2) is 12.4 Å². The average Bonchev–Trinajstić information content (AvgIpc) is 2.48. The molecule has 0 aromatic heterocycles. The molecule has 1 N–H and O–H groups in total. The number of halogens is 1. The number of ether oxygens (including phenoxy) is 1. The fraction of sp³-hybridized carbons (Fsp3) is 0.125. The van der Waals surface area contributed by atoms with E-state index < -0.39 is 0 Å². The lowest BCUT2D eigenvalue weighted by atomic mass is 10.1. The summed E-state index contributed by atoms with van der Waals surface area (Å²) >= 11 is 5.76. The number of carbonyl (C=O) groups excluding carboxylic acids is 2. The molecule has 0 aliphatic rings. The zero-order valence-corrected chi connectivity index (χ0v) is 12.2. The highest BCUT2D eigenvalue weighted by molar-refractivity contribution is 6.30. The first-order valence-corrected chi connectivity index (χ1v) is 6.71. The molecule has 0 saturated heterocycles. The molecule has 0 atom stereocenters. The van der Waals surface area contributed by atoms with Gasteiger partial charge in [0.05, 0.1) is 0 Å². The predicted octanol–water partition coefficient (Wildman–Crippen LogP) is 3.56. The molecule has 21 heavy (non-hydrogen) atoms. The van der Waals surface area contributed by atoms with E-state index in [0.717, 1.165) is 0 Å². The smallest absolute Gasteiger partial charge is 0.262 e. The van der Waals surface area contributed by atoms with Gasteiger partial charge in [0.1, 0.15) is 5.75 Å². The first-order valence-electron chi connectivity index (χ1n) is 6.34. The molecule has 108 valence electrons. The molecule has 0 fully saturated rings. The highest BCUT2D eigenvalue weighted by Gasteiger charge is 2.04. The third kappa shape index (κ3) is 4.61. The molecule has 1 amide bonds. The first-order chi connectivity index (χ1) is 10.0. The summed E-state index contributed by atoms with van der Waals surface area (Å²) in [4.78, 5) is 22.9. The van der Waals surface area contributed by atoms with Crippen molar-refractivity contribution in [1.29, 1.82) is 0 Å². The predicted molar refractivity (Wildman–Crippen MR) is 82.0 cm³/mol. The van der Waals surface area contributed by atoms with Gasteiger partial charge in [0, 0.05) is 16.3 Å². The van der Waals surface area contributed by atoms with E-state index in [1.807, 2.05) is 0 Å². The molecular weight excluding hydrogens is 290 g/mol. The Bertz CT molecular complexity index is 636. The van der Waals surface area contributed by atoms with Gasteiger partial charge in [0.2, 0.25) is 0 Å². The Morgan fingerprint density at radius 2 is 1.67 bits per heavy atom. The fourth-order valence-electron chi connectivity index (χ4n) is 1.67. The SMILES string of the molecule is CC(=O)c1ccc(OCC(=O)Nc2ccc(Cl)cc2)cc1. The number of Topliss-reactive ketones (excluding diaryl/α,β-unsaturated/α-hetero) is 1. The Morgan fingerprint density at radius 1 is 1.05 bits per heavy atom. The van der Waals surface area contributed by atoms with Crippen molar-refractivity contribution in [3.63, 3.8) is 0 Å². The Hall–Kier alpha value is -2.33. The molecule has 0 saturated carbocycles. The number of amides is 1. The normalized spacial score (nSPS) is 10.0. The molecule has 4 nitrogen and oxygen atoms in total. The van der Waals surface area contributed by atoms with Crippen molar-refractivity contribution in [2.24, 2.45) is 0 Å². The van der Waals surface area contributed by atoms with Crippen LogP contribution in [-0.2, 0) is 4.79 Å². The number of hydrogen-bond donors (Lipinski definition) is 1. The quantitative estimate of drug-likeness (QED) is 0.859. The highest BCUT2D eigenvalue weighted by Crippen LogP contribution is 2.14. The van der Waals surface area contributed by atoms with Gasteiger partial charge in [-0.25, -0.2) is 0 Å². The summed E-state index contributed by atoms with van der Waals surface area (Å²) in [5, 5.41) is 3.30. The molecular formula is C16H14ClNO3. The average molecular weight is 304 g/mol. The van der Waals surface area contributed by atoms with Gasteiger partial charge in [-0.05, 0) is 55.5 Å². The Kier molecular flexibility index (Phi) is 4.95. The Balaban J connectivity index is 1.86. The van der Waals surface area contributed by atoms with Crippen molar-refractivity contribution in [2.75, 3.05) is 11.9 Å². The Labute approximate surface area is 127 Å². The lowest BCUT2D eigenvalue weighted by Gasteiger charge is -2.08. The number of ketones is 1. The van der Waals surface area contributed by atoms with Crippen molar-refractivity contribution in [3.8, 4) is 5.75 Å². The second-order valence-electron chi connectivity index (χ2n) is 4.42. The summed E-state index contributed by atoms with van der Waals surface area (Å²) in [7, 11) is 0.